The predicted molar refractivity (Wildman–Crippen MR) is 110 cm³/mol. The average Bonchev–Trinajstić information content (AvgIpc) is 3.16. The molecule has 0 atom stereocenters. The van der Waals surface area contributed by atoms with Crippen molar-refractivity contribution in [2.24, 2.45) is 0 Å². The Morgan fingerprint density at radius 1 is 0.900 bits per heavy atom. The first kappa shape index (κ1) is 20.2. The monoisotopic (exact) mass is 426 g/mol. The van der Waals surface area contributed by atoms with Gasteiger partial charge in [-0.2, -0.15) is 13.2 Å². The number of hydrogen-bond donors (Lipinski definition) is 0. The van der Waals surface area contributed by atoms with E-state index in [4.69, 9.17) is 0 Å². The van der Waals surface area contributed by atoms with Gasteiger partial charge in [0, 0.05) is 23.7 Å². The fourth-order valence-corrected chi connectivity index (χ4v) is 4.10. The van der Waals surface area contributed by atoms with Crippen molar-refractivity contribution in [1.82, 2.24) is 19.7 Å². The maximum absolute atomic E-state index is 13.3. The van der Waals surface area contributed by atoms with Gasteiger partial charge in [0.05, 0.1) is 11.3 Å². The molecule has 2 aromatic heterocycles. The summed E-state index contributed by atoms with van der Waals surface area (Å²) in [5.74, 6) is 0.731. The van der Waals surface area contributed by atoms with Crippen LogP contribution in [0.3, 0.4) is 0 Å². The third kappa shape index (κ3) is 4.09. The van der Waals surface area contributed by atoms with Gasteiger partial charge in [-0.25, -0.2) is 0 Å². The Labute approximate surface area is 175 Å². The number of thioether (sulfide) groups is 1. The van der Waals surface area contributed by atoms with Crippen LogP contribution in [0.5, 0.6) is 0 Å². The van der Waals surface area contributed by atoms with Gasteiger partial charge in [-0.15, -0.1) is 10.2 Å². The number of aromatic nitrogens is 4. The van der Waals surface area contributed by atoms with Crippen LogP contribution < -0.4 is 0 Å². The Balaban J connectivity index is 1.75. The molecule has 0 spiro atoms. The summed E-state index contributed by atoms with van der Waals surface area (Å²) in [6.45, 7) is 1.97. The highest BCUT2D eigenvalue weighted by Gasteiger charge is 2.33. The standard InChI is InChI=1S/C22H17F3N4S/c1-15-6-2-5-9-19(15)29-20(16-10-12-26-13-11-16)27-28-21(29)30-14-17-7-3-4-8-18(17)22(23,24)25/h2-13H,14H2,1H3. The number of benzene rings is 2. The van der Waals surface area contributed by atoms with Gasteiger partial charge < -0.3 is 0 Å². The Morgan fingerprint density at radius 3 is 2.33 bits per heavy atom. The summed E-state index contributed by atoms with van der Waals surface area (Å²) in [7, 11) is 0. The molecule has 0 aliphatic carbocycles. The number of rotatable bonds is 5. The molecule has 30 heavy (non-hydrogen) atoms. The topological polar surface area (TPSA) is 43.6 Å². The summed E-state index contributed by atoms with van der Waals surface area (Å²) in [5, 5.41) is 9.14. The molecule has 0 fully saturated rings. The van der Waals surface area contributed by atoms with E-state index in [1.54, 1.807) is 18.5 Å². The lowest BCUT2D eigenvalue weighted by Gasteiger charge is -2.14. The summed E-state index contributed by atoms with van der Waals surface area (Å²) >= 11 is 1.22. The van der Waals surface area contributed by atoms with Crippen LogP contribution in [-0.4, -0.2) is 19.7 Å². The first-order valence-electron chi connectivity index (χ1n) is 9.15. The molecular weight excluding hydrogens is 409 g/mol. The summed E-state index contributed by atoms with van der Waals surface area (Å²) in [4.78, 5) is 4.04. The van der Waals surface area contributed by atoms with Crippen LogP contribution in [0, 0.1) is 6.92 Å². The van der Waals surface area contributed by atoms with Gasteiger partial charge in [0.1, 0.15) is 0 Å². The number of halogens is 3. The number of alkyl halides is 3. The highest BCUT2D eigenvalue weighted by atomic mass is 32.2. The van der Waals surface area contributed by atoms with Crippen molar-refractivity contribution in [2.45, 2.75) is 24.0 Å². The second-order valence-corrected chi connectivity index (χ2v) is 7.55. The van der Waals surface area contributed by atoms with Crippen molar-refractivity contribution in [2.75, 3.05) is 0 Å². The molecule has 0 unspecified atom stereocenters. The predicted octanol–water partition coefficient (Wildman–Crippen LogP) is 5.95. The van der Waals surface area contributed by atoms with Crippen molar-refractivity contribution in [1.29, 1.82) is 0 Å². The normalized spacial score (nSPS) is 11.6. The summed E-state index contributed by atoms with van der Waals surface area (Å²) in [6, 6.07) is 17.0. The molecule has 0 radical (unpaired) electrons. The van der Waals surface area contributed by atoms with Gasteiger partial charge in [0.15, 0.2) is 11.0 Å². The fourth-order valence-electron chi connectivity index (χ4n) is 3.15. The highest BCUT2D eigenvalue weighted by molar-refractivity contribution is 7.98. The van der Waals surface area contributed by atoms with Gasteiger partial charge in [0.2, 0.25) is 0 Å². The summed E-state index contributed by atoms with van der Waals surface area (Å²) < 4.78 is 41.9. The Bertz CT molecular complexity index is 1160. The zero-order valence-electron chi connectivity index (χ0n) is 16.0. The van der Waals surface area contributed by atoms with E-state index in [1.165, 1.54) is 23.9 Å². The molecule has 0 amide bonds. The fraction of sp³-hybridized carbons (Fsp3) is 0.136. The minimum absolute atomic E-state index is 0.121. The number of nitrogens with zero attached hydrogens (tertiary/aromatic N) is 4. The maximum Gasteiger partial charge on any atom is 0.416 e. The second-order valence-electron chi connectivity index (χ2n) is 6.61. The van der Waals surface area contributed by atoms with Gasteiger partial charge in [-0.1, -0.05) is 48.2 Å². The van der Waals surface area contributed by atoms with Crippen LogP contribution in [0.4, 0.5) is 13.2 Å². The number of para-hydroxylation sites is 1. The van der Waals surface area contributed by atoms with Gasteiger partial charge in [0.25, 0.3) is 0 Å². The van der Waals surface area contributed by atoms with E-state index in [9.17, 15) is 13.2 Å². The number of pyridine rings is 1. The zero-order valence-corrected chi connectivity index (χ0v) is 16.8. The SMILES string of the molecule is Cc1ccccc1-n1c(SCc2ccccc2C(F)(F)F)nnc1-c1ccncc1. The lowest BCUT2D eigenvalue weighted by atomic mass is 10.1. The molecule has 0 aliphatic heterocycles. The molecule has 2 heterocycles. The zero-order chi connectivity index (χ0) is 21.1. The molecule has 0 saturated carbocycles. The van der Waals surface area contributed by atoms with Crippen molar-refractivity contribution < 1.29 is 13.2 Å². The molecule has 0 N–H and O–H groups in total. The van der Waals surface area contributed by atoms with E-state index in [2.05, 4.69) is 15.2 Å². The lowest BCUT2D eigenvalue weighted by molar-refractivity contribution is -0.138. The van der Waals surface area contributed by atoms with Crippen LogP contribution in [0.25, 0.3) is 17.1 Å². The molecule has 0 saturated heterocycles. The van der Waals surface area contributed by atoms with Crippen molar-refractivity contribution in [3.05, 3.63) is 89.7 Å². The van der Waals surface area contributed by atoms with E-state index in [1.807, 2.05) is 47.9 Å². The quantitative estimate of drug-likeness (QED) is 0.370. The third-order valence-corrected chi connectivity index (χ3v) is 5.59. The van der Waals surface area contributed by atoms with Crippen LogP contribution in [0.2, 0.25) is 0 Å². The van der Waals surface area contributed by atoms with Gasteiger partial charge in [-0.05, 0) is 42.3 Å². The van der Waals surface area contributed by atoms with Crippen LogP contribution in [0.15, 0.2) is 78.2 Å². The summed E-state index contributed by atoms with van der Waals surface area (Å²) in [6.07, 6.45) is -1.07. The van der Waals surface area contributed by atoms with Crippen molar-refractivity contribution in [3.8, 4) is 17.1 Å². The van der Waals surface area contributed by atoms with Crippen molar-refractivity contribution in [3.63, 3.8) is 0 Å². The first-order valence-corrected chi connectivity index (χ1v) is 10.1. The molecule has 152 valence electrons. The van der Waals surface area contributed by atoms with Crippen molar-refractivity contribution >= 4 is 11.8 Å². The molecule has 2 aromatic carbocycles. The van der Waals surface area contributed by atoms with E-state index in [0.717, 1.165) is 22.9 Å². The average molecular weight is 426 g/mol. The highest BCUT2D eigenvalue weighted by Crippen LogP contribution is 2.36. The first-order chi connectivity index (χ1) is 14.4. The lowest BCUT2D eigenvalue weighted by Crippen LogP contribution is -2.08. The van der Waals surface area contributed by atoms with E-state index in [-0.39, 0.29) is 11.3 Å². The molecule has 8 heteroatoms. The molecule has 4 rings (SSSR count). The Kier molecular flexibility index (Phi) is 5.59. The van der Waals surface area contributed by atoms with Gasteiger partial charge in [-0.3, -0.25) is 9.55 Å². The Hall–Kier alpha value is -3.13. The molecule has 4 aromatic rings. The van der Waals surface area contributed by atoms with Crippen LogP contribution >= 0.6 is 11.8 Å². The van der Waals surface area contributed by atoms with Crippen LogP contribution in [-0.2, 0) is 11.9 Å². The minimum atomic E-state index is -4.40. The van der Waals surface area contributed by atoms with E-state index < -0.39 is 11.7 Å². The largest absolute Gasteiger partial charge is 0.416 e. The molecule has 4 nitrogen and oxygen atoms in total. The third-order valence-electron chi connectivity index (χ3n) is 4.61. The molecule has 0 aliphatic rings. The maximum atomic E-state index is 13.3. The van der Waals surface area contributed by atoms with Gasteiger partial charge >= 0.3 is 6.18 Å². The smallest absolute Gasteiger partial charge is 0.270 e. The van der Waals surface area contributed by atoms with E-state index >= 15 is 0 Å². The molecular formula is C22H17F3N4S. The number of aryl methyl sites for hydroxylation is 1. The summed E-state index contributed by atoms with van der Waals surface area (Å²) in [5.41, 5.74) is 2.28. The Morgan fingerprint density at radius 2 is 1.60 bits per heavy atom. The second kappa shape index (κ2) is 8.31. The number of hydrogen-bond acceptors (Lipinski definition) is 4. The minimum Gasteiger partial charge on any atom is -0.270 e. The molecule has 0 bridgehead atoms. The van der Waals surface area contributed by atoms with Crippen LogP contribution in [0.1, 0.15) is 16.7 Å². The van der Waals surface area contributed by atoms with E-state index in [0.29, 0.717) is 11.0 Å².